The zero-order valence-corrected chi connectivity index (χ0v) is 10.3. The van der Waals surface area contributed by atoms with E-state index in [1.807, 2.05) is 0 Å². The molecular formula is C13H26N2. The second-order valence-electron chi connectivity index (χ2n) is 5.72. The Balaban J connectivity index is 1.85. The van der Waals surface area contributed by atoms with Gasteiger partial charge in [0.15, 0.2) is 0 Å². The normalized spacial score (nSPS) is 40.0. The van der Waals surface area contributed by atoms with Crippen LogP contribution in [-0.4, -0.2) is 37.1 Å². The van der Waals surface area contributed by atoms with E-state index in [0.717, 1.165) is 17.9 Å². The summed E-state index contributed by atoms with van der Waals surface area (Å²) in [5, 5.41) is 3.57. The lowest BCUT2D eigenvalue weighted by molar-refractivity contribution is 0.149. The van der Waals surface area contributed by atoms with Crippen LogP contribution in [0.2, 0.25) is 0 Å². The second kappa shape index (κ2) is 5.31. The van der Waals surface area contributed by atoms with Crippen molar-refractivity contribution in [3.8, 4) is 0 Å². The average Bonchev–Trinajstić information content (AvgIpc) is 2.43. The molecule has 2 heteroatoms. The van der Waals surface area contributed by atoms with Gasteiger partial charge in [-0.25, -0.2) is 0 Å². The number of rotatable bonds is 1. The Morgan fingerprint density at radius 3 is 2.67 bits per heavy atom. The third-order valence-electron chi connectivity index (χ3n) is 4.11. The highest BCUT2D eigenvalue weighted by atomic mass is 15.2. The Morgan fingerprint density at radius 2 is 1.87 bits per heavy atom. The predicted octanol–water partition coefficient (Wildman–Crippen LogP) is 2.11. The van der Waals surface area contributed by atoms with Crippen molar-refractivity contribution < 1.29 is 0 Å². The number of nitrogens with zero attached hydrogens (tertiary/aromatic N) is 1. The number of nitrogens with one attached hydrogen (secondary N) is 1. The molecule has 2 fully saturated rings. The Labute approximate surface area is 94.4 Å². The van der Waals surface area contributed by atoms with Gasteiger partial charge < -0.3 is 5.32 Å². The van der Waals surface area contributed by atoms with Crippen LogP contribution in [0, 0.1) is 11.8 Å². The van der Waals surface area contributed by atoms with E-state index in [4.69, 9.17) is 0 Å². The first-order valence-electron chi connectivity index (χ1n) is 6.70. The molecule has 0 amide bonds. The van der Waals surface area contributed by atoms with Crippen LogP contribution in [0.15, 0.2) is 0 Å². The van der Waals surface area contributed by atoms with Crippen LogP contribution in [0.3, 0.4) is 0 Å². The van der Waals surface area contributed by atoms with Gasteiger partial charge in [0, 0.05) is 12.6 Å². The molecule has 2 rings (SSSR count). The van der Waals surface area contributed by atoms with Gasteiger partial charge in [0.2, 0.25) is 0 Å². The van der Waals surface area contributed by atoms with Crippen molar-refractivity contribution in [2.75, 3.05) is 26.2 Å². The van der Waals surface area contributed by atoms with Crippen molar-refractivity contribution in [2.24, 2.45) is 11.8 Å². The van der Waals surface area contributed by atoms with Crippen LogP contribution in [0.4, 0.5) is 0 Å². The van der Waals surface area contributed by atoms with Crippen LogP contribution in [0.1, 0.15) is 39.5 Å². The van der Waals surface area contributed by atoms with E-state index in [1.165, 1.54) is 51.9 Å². The summed E-state index contributed by atoms with van der Waals surface area (Å²) in [4.78, 5) is 2.74. The number of hydrogen-bond acceptors (Lipinski definition) is 2. The van der Waals surface area contributed by atoms with E-state index < -0.39 is 0 Å². The minimum absolute atomic E-state index is 0.819. The SMILES string of the molecule is CC1CCCN(C2CNCC(C)C2)CC1. The molecule has 88 valence electrons. The Hall–Kier alpha value is -0.0800. The Bertz CT molecular complexity index is 193. The summed E-state index contributed by atoms with van der Waals surface area (Å²) in [6.07, 6.45) is 5.66. The molecule has 0 spiro atoms. The van der Waals surface area contributed by atoms with Crippen LogP contribution in [0.25, 0.3) is 0 Å². The van der Waals surface area contributed by atoms with E-state index in [-0.39, 0.29) is 0 Å². The van der Waals surface area contributed by atoms with E-state index in [1.54, 1.807) is 0 Å². The van der Waals surface area contributed by atoms with E-state index in [0.29, 0.717) is 0 Å². The highest BCUT2D eigenvalue weighted by Gasteiger charge is 2.25. The molecule has 2 aliphatic heterocycles. The zero-order valence-electron chi connectivity index (χ0n) is 10.3. The largest absolute Gasteiger partial charge is 0.315 e. The molecule has 0 aromatic rings. The van der Waals surface area contributed by atoms with Gasteiger partial charge in [0.05, 0.1) is 0 Å². The molecule has 2 nitrogen and oxygen atoms in total. The monoisotopic (exact) mass is 210 g/mol. The van der Waals surface area contributed by atoms with Crippen molar-refractivity contribution in [2.45, 2.75) is 45.6 Å². The van der Waals surface area contributed by atoms with Gasteiger partial charge in [0.1, 0.15) is 0 Å². The van der Waals surface area contributed by atoms with Crippen molar-refractivity contribution in [1.29, 1.82) is 0 Å². The number of likely N-dealkylation sites (tertiary alicyclic amines) is 1. The highest BCUT2D eigenvalue weighted by molar-refractivity contribution is 4.83. The molecule has 3 unspecified atom stereocenters. The molecule has 3 atom stereocenters. The molecule has 0 saturated carbocycles. The van der Waals surface area contributed by atoms with Gasteiger partial charge in [-0.15, -0.1) is 0 Å². The maximum atomic E-state index is 3.57. The second-order valence-corrected chi connectivity index (χ2v) is 5.72. The van der Waals surface area contributed by atoms with Crippen LogP contribution in [0.5, 0.6) is 0 Å². The van der Waals surface area contributed by atoms with Crippen molar-refractivity contribution >= 4 is 0 Å². The van der Waals surface area contributed by atoms with Gasteiger partial charge in [-0.05, 0) is 57.2 Å². The summed E-state index contributed by atoms with van der Waals surface area (Å²) in [6, 6.07) is 0.819. The summed E-state index contributed by atoms with van der Waals surface area (Å²) < 4.78 is 0. The van der Waals surface area contributed by atoms with Crippen LogP contribution < -0.4 is 5.32 Å². The maximum Gasteiger partial charge on any atom is 0.0223 e. The van der Waals surface area contributed by atoms with E-state index in [2.05, 4.69) is 24.1 Å². The summed E-state index contributed by atoms with van der Waals surface area (Å²) in [7, 11) is 0. The molecule has 2 aliphatic rings. The van der Waals surface area contributed by atoms with Gasteiger partial charge in [0.25, 0.3) is 0 Å². The summed E-state index contributed by atoms with van der Waals surface area (Å²) in [6.45, 7) is 9.90. The zero-order chi connectivity index (χ0) is 10.7. The molecule has 0 aromatic heterocycles. The van der Waals surface area contributed by atoms with Gasteiger partial charge in [-0.2, -0.15) is 0 Å². The van der Waals surface area contributed by atoms with Gasteiger partial charge in [-0.1, -0.05) is 13.8 Å². The molecule has 0 aromatic carbocycles. The molecule has 1 N–H and O–H groups in total. The van der Waals surface area contributed by atoms with E-state index in [9.17, 15) is 0 Å². The van der Waals surface area contributed by atoms with Crippen molar-refractivity contribution in [1.82, 2.24) is 10.2 Å². The lowest BCUT2D eigenvalue weighted by Crippen LogP contribution is -2.48. The fourth-order valence-electron chi connectivity index (χ4n) is 3.06. The predicted molar refractivity (Wildman–Crippen MR) is 65.0 cm³/mol. The maximum absolute atomic E-state index is 3.57. The summed E-state index contributed by atoms with van der Waals surface area (Å²) in [5.74, 6) is 1.81. The first kappa shape index (κ1) is 11.4. The number of hydrogen-bond donors (Lipinski definition) is 1. The molecule has 0 aliphatic carbocycles. The lowest BCUT2D eigenvalue weighted by atomic mass is 9.96. The summed E-state index contributed by atoms with van der Waals surface area (Å²) >= 11 is 0. The number of piperidine rings is 1. The molecule has 2 saturated heterocycles. The molecular weight excluding hydrogens is 184 g/mol. The minimum atomic E-state index is 0.819. The topological polar surface area (TPSA) is 15.3 Å². The fourth-order valence-corrected chi connectivity index (χ4v) is 3.06. The quantitative estimate of drug-likeness (QED) is 0.713. The van der Waals surface area contributed by atoms with Crippen molar-refractivity contribution in [3.63, 3.8) is 0 Å². The lowest BCUT2D eigenvalue weighted by Gasteiger charge is -2.36. The highest BCUT2D eigenvalue weighted by Crippen LogP contribution is 2.22. The first-order chi connectivity index (χ1) is 7.25. The molecule has 0 radical (unpaired) electrons. The average molecular weight is 210 g/mol. The molecule has 2 heterocycles. The smallest absolute Gasteiger partial charge is 0.0223 e. The van der Waals surface area contributed by atoms with Crippen LogP contribution >= 0.6 is 0 Å². The minimum Gasteiger partial charge on any atom is -0.315 e. The first-order valence-corrected chi connectivity index (χ1v) is 6.70. The van der Waals surface area contributed by atoms with Gasteiger partial charge >= 0.3 is 0 Å². The summed E-state index contributed by atoms with van der Waals surface area (Å²) in [5.41, 5.74) is 0. The van der Waals surface area contributed by atoms with E-state index >= 15 is 0 Å². The third-order valence-corrected chi connectivity index (χ3v) is 4.11. The van der Waals surface area contributed by atoms with Crippen LogP contribution in [-0.2, 0) is 0 Å². The van der Waals surface area contributed by atoms with Crippen molar-refractivity contribution in [3.05, 3.63) is 0 Å². The Morgan fingerprint density at radius 1 is 1.00 bits per heavy atom. The Kier molecular flexibility index (Phi) is 4.04. The third kappa shape index (κ3) is 3.18. The molecule has 15 heavy (non-hydrogen) atoms. The standard InChI is InChI=1S/C13H26N2/c1-11-4-3-6-15(7-5-11)13-8-12(2)9-14-10-13/h11-14H,3-10H2,1-2H3. The molecule has 0 bridgehead atoms. The van der Waals surface area contributed by atoms with Gasteiger partial charge in [-0.3, -0.25) is 4.90 Å². The fraction of sp³-hybridized carbons (Fsp3) is 1.00.